The summed E-state index contributed by atoms with van der Waals surface area (Å²) in [6.45, 7) is 8.69. The zero-order valence-electron chi connectivity index (χ0n) is 13.2. The van der Waals surface area contributed by atoms with Crippen molar-refractivity contribution in [3.8, 4) is 0 Å². The van der Waals surface area contributed by atoms with Crippen LogP contribution < -0.4 is 5.32 Å². The standard InChI is InChI=1S/C19H24FN/c1-13(2)19(16-9-11-17(20)12-10-16)21-15(4)18-8-6-5-7-14(18)3/h5-13,15,19,21H,1-4H3. The molecule has 2 aromatic rings. The molecule has 0 aromatic heterocycles. The molecule has 0 aliphatic rings. The second-order valence-electron chi connectivity index (χ2n) is 6.02. The Hall–Kier alpha value is -1.67. The largest absolute Gasteiger partial charge is 0.303 e. The molecule has 1 N–H and O–H groups in total. The molecule has 2 aromatic carbocycles. The van der Waals surface area contributed by atoms with Gasteiger partial charge in [-0.15, -0.1) is 0 Å². The minimum absolute atomic E-state index is 0.187. The molecule has 0 heterocycles. The molecule has 2 heteroatoms. The zero-order chi connectivity index (χ0) is 15.4. The van der Waals surface area contributed by atoms with Crippen molar-refractivity contribution >= 4 is 0 Å². The van der Waals surface area contributed by atoms with E-state index >= 15 is 0 Å². The van der Waals surface area contributed by atoms with Crippen LogP contribution in [0.25, 0.3) is 0 Å². The van der Waals surface area contributed by atoms with E-state index in [4.69, 9.17) is 0 Å². The Morgan fingerprint density at radius 3 is 2.10 bits per heavy atom. The van der Waals surface area contributed by atoms with Crippen molar-refractivity contribution in [3.63, 3.8) is 0 Å². The van der Waals surface area contributed by atoms with E-state index in [1.807, 2.05) is 12.1 Å². The quantitative estimate of drug-likeness (QED) is 0.798. The van der Waals surface area contributed by atoms with Crippen LogP contribution in [0.2, 0.25) is 0 Å². The zero-order valence-corrected chi connectivity index (χ0v) is 13.2. The van der Waals surface area contributed by atoms with Crippen molar-refractivity contribution in [2.45, 2.75) is 39.8 Å². The van der Waals surface area contributed by atoms with Crippen LogP contribution in [0.5, 0.6) is 0 Å². The minimum atomic E-state index is -0.187. The topological polar surface area (TPSA) is 12.0 Å². The highest BCUT2D eigenvalue weighted by atomic mass is 19.1. The fourth-order valence-electron chi connectivity index (χ4n) is 2.78. The summed E-state index contributed by atoms with van der Waals surface area (Å²) in [5.41, 5.74) is 3.73. The third kappa shape index (κ3) is 3.92. The van der Waals surface area contributed by atoms with Crippen LogP contribution in [0, 0.1) is 18.7 Å². The number of rotatable bonds is 5. The number of hydrogen-bond acceptors (Lipinski definition) is 1. The van der Waals surface area contributed by atoms with Gasteiger partial charge in [0, 0.05) is 12.1 Å². The molecule has 0 amide bonds. The second kappa shape index (κ2) is 6.86. The Balaban J connectivity index is 2.20. The van der Waals surface area contributed by atoms with Crippen molar-refractivity contribution in [1.82, 2.24) is 5.32 Å². The van der Waals surface area contributed by atoms with Crippen LogP contribution in [0.15, 0.2) is 48.5 Å². The van der Waals surface area contributed by atoms with Crippen molar-refractivity contribution in [2.24, 2.45) is 5.92 Å². The fraction of sp³-hybridized carbons (Fsp3) is 0.368. The van der Waals surface area contributed by atoms with E-state index in [0.717, 1.165) is 5.56 Å². The number of aryl methyl sites for hydroxylation is 1. The lowest BCUT2D eigenvalue weighted by Gasteiger charge is -2.28. The summed E-state index contributed by atoms with van der Waals surface area (Å²) in [6.07, 6.45) is 0. The smallest absolute Gasteiger partial charge is 0.123 e. The van der Waals surface area contributed by atoms with E-state index in [-0.39, 0.29) is 17.9 Å². The Bertz CT molecular complexity index is 574. The molecule has 0 bridgehead atoms. The molecule has 2 atom stereocenters. The summed E-state index contributed by atoms with van der Waals surface area (Å²) in [7, 11) is 0. The number of benzene rings is 2. The molecule has 0 saturated heterocycles. The lowest BCUT2D eigenvalue weighted by molar-refractivity contribution is 0.373. The van der Waals surface area contributed by atoms with Gasteiger partial charge in [-0.3, -0.25) is 0 Å². The second-order valence-corrected chi connectivity index (χ2v) is 6.02. The first-order valence-electron chi connectivity index (χ1n) is 7.56. The summed E-state index contributed by atoms with van der Waals surface area (Å²) in [6, 6.07) is 15.7. The monoisotopic (exact) mass is 285 g/mol. The highest BCUT2D eigenvalue weighted by Gasteiger charge is 2.19. The lowest BCUT2D eigenvalue weighted by Crippen LogP contribution is -2.28. The fourth-order valence-corrected chi connectivity index (χ4v) is 2.78. The Morgan fingerprint density at radius 1 is 0.905 bits per heavy atom. The van der Waals surface area contributed by atoms with E-state index in [2.05, 4.69) is 57.3 Å². The molecule has 2 unspecified atom stereocenters. The van der Waals surface area contributed by atoms with Gasteiger partial charge < -0.3 is 5.32 Å². The van der Waals surface area contributed by atoms with Gasteiger partial charge in [-0.25, -0.2) is 4.39 Å². The van der Waals surface area contributed by atoms with Gasteiger partial charge in [0.25, 0.3) is 0 Å². The average Bonchev–Trinajstić information content (AvgIpc) is 2.46. The van der Waals surface area contributed by atoms with Gasteiger partial charge in [0.2, 0.25) is 0 Å². The summed E-state index contributed by atoms with van der Waals surface area (Å²) >= 11 is 0. The molecular formula is C19H24FN. The molecule has 0 fully saturated rings. The predicted octanol–water partition coefficient (Wildman–Crippen LogP) is 5.18. The first-order valence-corrected chi connectivity index (χ1v) is 7.56. The average molecular weight is 285 g/mol. The van der Waals surface area contributed by atoms with Gasteiger partial charge >= 0.3 is 0 Å². The normalized spacial score (nSPS) is 14.2. The summed E-state index contributed by atoms with van der Waals surface area (Å²) in [5, 5.41) is 3.69. The van der Waals surface area contributed by atoms with Gasteiger partial charge in [-0.1, -0.05) is 50.2 Å². The van der Waals surface area contributed by atoms with Gasteiger partial charge in [0.15, 0.2) is 0 Å². The highest BCUT2D eigenvalue weighted by molar-refractivity contribution is 5.29. The molecule has 0 aliphatic carbocycles. The van der Waals surface area contributed by atoms with Crippen LogP contribution in [0.3, 0.4) is 0 Å². The number of halogens is 1. The molecule has 1 nitrogen and oxygen atoms in total. The minimum Gasteiger partial charge on any atom is -0.303 e. The van der Waals surface area contributed by atoms with Crippen molar-refractivity contribution in [2.75, 3.05) is 0 Å². The third-order valence-corrected chi connectivity index (χ3v) is 3.98. The molecular weight excluding hydrogens is 261 g/mol. The molecule has 0 aliphatic heterocycles. The predicted molar refractivity (Wildman–Crippen MR) is 86.7 cm³/mol. The number of hydrogen-bond donors (Lipinski definition) is 1. The maximum absolute atomic E-state index is 13.1. The summed E-state index contributed by atoms with van der Waals surface area (Å²) in [4.78, 5) is 0. The van der Waals surface area contributed by atoms with Crippen LogP contribution in [-0.2, 0) is 0 Å². The van der Waals surface area contributed by atoms with Crippen molar-refractivity contribution < 1.29 is 4.39 Å². The SMILES string of the molecule is Cc1ccccc1C(C)NC(c1ccc(F)cc1)C(C)C. The molecule has 21 heavy (non-hydrogen) atoms. The molecule has 2 rings (SSSR count). The first-order chi connectivity index (χ1) is 9.99. The summed E-state index contributed by atoms with van der Waals surface area (Å²) < 4.78 is 13.1. The van der Waals surface area contributed by atoms with Crippen molar-refractivity contribution in [1.29, 1.82) is 0 Å². The maximum Gasteiger partial charge on any atom is 0.123 e. The van der Waals surface area contributed by atoms with Gasteiger partial charge in [0.05, 0.1) is 0 Å². The van der Waals surface area contributed by atoms with E-state index < -0.39 is 0 Å². The van der Waals surface area contributed by atoms with Crippen LogP contribution in [0.1, 0.15) is 49.5 Å². The van der Waals surface area contributed by atoms with Gasteiger partial charge in [-0.05, 0) is 48.6 Å². The summed E-state index contributed by atoms with van der Waals surface area (Å²) in [5.74, 6) is 0.245. The number of nitrogens with one attached hydrogen (secondary N) is 1. The Morgan fingerprint density at radius 2 is 1.52 bits per heavy atom. The lowest BCUT2D eigenvalue weighted by atomic mass is 9.93. The van der Waals surface area contributed by atoms with E-state index in [9.17, 15) is 4.39 Å². The van der Waals surface area contributed by atoms with Gasteiger partial charge in [0.1, 0.15) is 5.82 Å². The Kier molecular flexibility index (Phi) is 5.13. The maximum atomic E-state index is 13.1. The Labute approximate surface area is 127 Å². The molecule has 0 radical (unpaired) electrons. The molecule has 112 valence electrons. The molecule has 0 spiro atoms. The van der Waals surface area contributed by atoms with Crippen molar-refractivity contribution in [3.05, 3.63) is 71.0 Å². The highest BCUT2D eigenvalue weighted by Crippen LogP contribution is 2.27. The first kappa shape index (κ1) is 15.7. The van der Waals surface area contributed by atoms with Crippen LogP contribution in [-0.4, -0.2) is 0 Å². The van der Waals surface area contributed by atoms with Crippen LogP contribution in [0.4, 0.5) is 4.39 Å². The van der Waals surface area contributed by atoms with E-state index in [0.29, 0.717) is 5.92 Å². The van der Waals surface area contributed by atoms with E-state index in [1.54, 1.807) is 0 Å². The van der Waals surface area contributed by atoms with Crippen LogP contribution >= 0.6 is 0 Å². The molecule has 0 saturated carbocycles. The third-order valence-electron chi connectivity index (χ3n) is 3.98. The van der Waals surface area contributed by atoms with Gasteiger partial charge in [-0.2, -0.15) is 0 Å². The van der Waals surface area contributed by atoms with E-state index in [1.165, 1.54) is 23.3 Å².